The fourth-order valence-electron chi connectivity index (χ4n) is 1.82. The molecule has 1 rings (SSSR count). The van der Waals surface area contributed by atoms with Crippen LogP contribution in [0.25, 0.3) is 0 Å². The molecule has 16 heavy (non-hydrogen) atoms. The topological polar surface area (TPSA) is 55.4 Å². The van der Waals surface area contributed by atoms with E-state index < -0.39 is 9.84 Å². The Morgan fingerprint density at radius 1 is 1.31 bits per heavy atom. The van der Waals surface area contributed by atoms with Crippen LogP contribution in [0.2, 0.25) is 0 Å². The first kappa shape index (κ1) is 13.9. The quantitative estimate of drug-likeness (QED) is 0.679. The molecule has 1 heterocycles. The van der Waals surface area contributed by atoms with Gasteiger partial charge < -0.3 is 10.1 Å². The fraction of sp³-hybridized carbons (Fsp3) is 1.00. The lowest BCUT2D eigenvalue weighted by Crippen LogP contribution is -2.30. The minimum absolute atomic E-state index is 0.237. The molecule has 0 radical (unpaired) electrons. The van der Waals surface area contributed by atoms with Crippen molar-refractivity contribution in [2.24, 2.45) is 5.92 Å². The van der Waals surface area contributed by atoms with Crippen LogP contribution >= 0.6 is 0 Å². The number of ether oxygens (including phenoxy) is 1. The van der Waals surface area contributed by atoms with E-state index in [1.165, 1.54) is 12.8 Å². The van der Waals surface area contributed by atoms with Crippen molar-refractivity contribution in [2.45, 2.75) is 26.2 Å². The smallest absolute Gasteiger partial charge is 0.150 e. The van der Waals surface area contributed by atoms with Gasteiger partial charge in [-0.1, -0.05) is 6.92 Å². The summed E-state index contributed by atoms with van der Waals surface area (Å²) in [5.41, 5.74) is 0. The van der Waals surface area contributed by atoms with Gasteiger partial charge in [-0.15, -0.1) is 0 Å². The Kier molecular flexibility index (Phi) is 6.31. The van der Waals surface area contributed by atoms with Crippen molar-refractivity contribution in [3.05, 3.63) is 0 Å². The molecule has 0 aliphatic carbocycles. The van der Waals surface area contributed by atoms with Crippen LogP contribution < -0.4 is 5.32 Å². The van der Waals surface area contributed by atoms with E-state index in [2.05, 4.69) is 5.32 Å². The second-order valence-electron chi connectivity index (χ2n) is 4.36. The summed E-state index contributed by atoms with van der Waals surface area (Å²) in [5, 5.41) is 3.31. The van der Waals surface area contributed by atoms with Crippen molar-refractivity contribution in [3.63, 3.8) is 0 Å². The van der Waals surface area contributed by atoms with Crippen LogP contribution in [-0.2, 0) is 14.6 Å². The second-order valence-corrected chi connectivity index (χ2v) is 6.83. The molecular weight excluding hydrogens is 226 g/mol. The van der Waals surface area contributed by atoms with Crippen molar-refractivity contribution in [1.82, 2.24) is 5.32 Å². The minimum atomic E-state index is -2.81. The maximum Gasteiger partial charge on any atom is 0.150 e. The Morgan fingerprint density at radius 3 is 2.62 bits per heavy atom. The molecule has 0 bridgehead atoms. The number of piperidine rings is 1. The van der Waals surface area contributed by atoms with Gasteiger partial charge >= 0.3 is 0 Å². The van der Waals surface area contributed by atoms with Gasteiger partial charge in [0, 0.05) is 19.0 Å². The Balaban J connectivity index is 1.99. The zero-order valence-electron chi connectivity index (χ0n) is 10.1. The molecule has 0 aromatic heterocycles. The fourth-order valence-corrected chi connectivity index (χ4v) is 2.67. The molecule has 0 unspecified atom stereocenters. The first-order chi connectivity index (χ1) is 7.64. The van der Waals surface area contributed by atoms with E-state index in [-0.39, 0.29) is 11.5 Å². The van der Waals surface area contributed by atoms with Gasteiger partial charge in [-0.3, -0.25) is 0 Å². The lowest BCUT2D eigenvalue weighted by Gasteiger charge is -2.22. The molecular formula is C11H23NO3S. The van der Waals surface area contributed by atoms with E-state index >= 15 is 0 Å². The summed E-state index contributed by atoms with van der Waals surface area (Å²) in [6.07, 6.45) is 2.97. The lowest BCUT2D eigenvalue weighted by molar-refractivity contribution is 0.0886. The predicted molar refractivity (Wildman–Crippen MR) is 65.4 cm³/mol. The molecule has 0 aromatic rings. The molecule has 0 amide bonds. The van der Waals surface area contributed by atoms with Crippen molar-refractivity contribution in [1.29, 1.82) is 0 Å². The molecule has 4 nitrogen and oxygen atoms in total. The highest BCUT2D eigenvalue weighted by Gasteiger charge is 2.13. The van der Waals surface area contributed by atoms with Crippen molar-refractivity contribution < 1.29 is 13.2 Å². The van der Waals surface area contributed by atoms with Crippen LogP contribution in [0, 0.1) is 5.92 Å². The standard InChI is InChI=1S/C11H23NO3S/c1-2-16(13,14)9-3-8-15-10-11-4-6-12-7-5-11/h11-12H,2-10H2,1H3. The van der Waals surface area contributed by atoms with E-state index in [0.717, 1.165) is 19.7 Å². The largest absolute Gasteiger partial charge is 0.381 e. The molecule has 1 N–H and O–H groups in total. The van der Waals surface area contributed by atoms with Crippen LogP contribution in [-0.4, -0.2) is 46.2 Å². The highest BCUT2D eigenvalue weighted by atomic mass is 32.2. The average Bonchev–Trinajstić information content (AvgIpc) is 2.30. The summed E-state index contributed by atoms with van der Waals surface area (Å²) in [4.78, 5) is 0. The number of rotatable bonds is 7. The Bertz CT molecular complexity index is 271. The third-order valence-corrected chi connectivity index (χ3v) is 4.79. The van der Waals surface area contributed by atoms with Gasteiger partial charge in [-0.2, -0.15) is 0 Å². The molecule has 1 aliphatic rings. The molecule has 0 aromatic carbocycles. The molecule has 0 atom stereocenters. The van der Waals surface area contributed by atoms with Gasteiger partial charge in [0.05, 0.1) is 5.75 Å². The zero-order chi connectivity index (χ0) is 11.9. The monoisotopic (exact) mass is 249 g/mol. The van der Waals surface area contributed by atoms with E-state index in [1.54, 1.807) is 6.92 Å². The molecule has 0 spiro atoms. The third kappa shape index (κ3) is 5.82. The molecule has 5 heteroatoms. The zero-order valence-corrected chi connectivity index (χ0v) is 10.9. The summed E-state index contributed by atoms with van der Waals surface area (Å²) in [6, 6.07) is 0. The number of hydrogen-bond acceptors (Lipinski definition) is 4. The SMILES string of the molecule is CCS(=O)(=O)CCCOCC1CCNCC1. The number of hydrogen-bond donors (Lipinski definition) is 1. The van der Waals surface area contributed by atoms with Gasteiger partial charge in [0.25, 0.3) is 0 Å². The minimum Gasteiger partial charge on any atom is -0.381 e. The summed E-state index contributed by atoms with van der Waals surface area (Å²) in [6.45, 7) is 5.21. The molecule has 0 saturated carbocycles. The van der Waals surface area contributed by atoms with Crippen molar-refractivity contribution >= 4 is 9.84 Å². The van der Waals surface area contributed by atoms with E-state index in [9.17, 15) is 8.42 Å². The van der Waals surface area contributed by atoms with Crippen LogP contribution in [0.1, 0.15) is 26.2 Å². The van der Waals surface area contributed by atoms with E-state index in [0.29, 0.717) is 18.9 Å². The van der Waals surface area contributed by atoms with Crippen LogP contribution in [0.4, 0.5) is 0 Å². The molecule has 1 aliphatic heterocycles. The van der Waals surface area contributed by atoms with Gasteiger partial charge in [0.15, 0.2) is 0 Å². The number of nitrogens with one attached hydrogen (secondary N) is 1. The van der Waals surface area contributed by atoms with E-state index in [4.69, 9.17) is 4.74 Å². The van der Waals surface area contributed by atoms with Crippen molar-refractivity contribution in [2.75, 3.05) is 37.8 Å². The molecule has 1 saturated heterocycles. The average molecular weight is 249 g/mol. The normalized spacial score (nSPS) is 18.8. The molecule has 1 fully saturated rings. The van der Waals surface area contributed by atoms with Gasteiger partial charge in [-0.25, -0.2) is 8.42 Å². The van der Waals surface area contributed by atoms with E-state index in [1.807, 2.05) is 0 Å². The maximum absolute atomic E-state index is 11.2. The van der Waals surface area contributed by atoms with Gasteiger partial charge in [0.1, 0.15) is 9.84 Å². The van der Waals surface area contributed by atoms with Gasteiger partial charge in [-0.05, 0) is 38.3 Å². The lowest BCUT2D eigenvalue weighted by atomic mass is 9.99. The van der Waals surface area contributed by atoms with Crippen LogP contribution in [0.5, 0.6) is 0 Å². The maximum atomic E-state index is 11.2. The first-order valence-electron chi connectivity index (χ1n) is 6.13. The first-order valence-corrected chi connectivity index (χ1v) is 7.95. The van der Waals surface area contributed by atoms with Crippen molar-refractivity contribution in [3.8, 4) is 0 Å². The molecule has 96 valence electrons. The van der Waals surface area contributed by atoms with Crippen LogP contribution in [0.15, 0.2) is 0 Å². The van der Waals surface area contributed by atoms with Crippen LogP contribution in [0.3, 0.4) is 0 Å². The summed E-state index contributed by atoms with van der Waals surface area (Å²) >= 11 is 0. The summed E-state index contributed by atoms with van der Waals surface area (Å²) in [7, 11) is -2.81. The highest BCUT2D eigenvalue weighted by Crippen LogP contribution is 2.11. The number of sulfone groups is 1. The Morgan fingerprint density at radius 2 is 2.00 bits per heavy atom. The third-order valence-electron chi connectivity index (χ3n) is 3.00. The Labute approximate surface area is 98.7 Å². The van der Waals surface area contributed by atoms with Gasteiger partial charge in [0.2, 0.25) is 0 Å². The predicted octanol–water partition coefficient (Wildman–Crippen LogP) is 0.827. The highest BCUT2D eigenvalue weighted by molar-refractivity contribution is 7.91. The second kappa shape index (κ2) is 7.25. The summed E-state index contributed by atoms with van der Waals surface area (Å²) < 4.78 is 27.9. The summed E-state index contributed by atoms with van der Waals surface area (Å²) in [5.74, 6) is 1.15. The Hall–Kier alpha value is -0.130.